The Morgan fingerprint density at radius 2 is 1.70 bits per heavy atom. The molecule has 1 aliphatic rings. The van der Waals surface area contributed by atoms with Crippen LogP contribution < -0.4 is 4.90 Å². The second-order valence-corrected chi connectivity index (χ2v) is 12.5. The molecule has 0 unspecified atom stereocenters. The fourth-order valence-corrected chi connectivity index (χ4v) is 6.67. The first-order valence-corrected chi connectivity index (χ1v) is 14.9. The number of aromatic nitrogens is 3. The Labute approximate surface area is 232 Å². The maximum absolute atomic E-state index is 13.4. The van der Waals surface area contributed by atoms with E-state index >= 15 is 0 Å². The molecule has 1 saturated heterocycles. The van der Waals surface area contributed by atoms with Gasteiger partial charge in [-0.1, -0.05) is 55.4 Å². The molecule has 3 heterocycles. The van der Waals surface area contributed by atoms with Crippen molar-refractivity contribution in [2.75, 3.05) is 31.1 Å². The third-order valence-corrected chi connectivity index (χ3v) is 9.10. The minimum atomic E-state index is -3.76. The van der Waals surface area contributed by atoms with Crippen LogP contribution in [0.4, 0.5) is 10.2 Å². The Morgan fingerprint density at radius 3 is 2.48 bits per heavy atom. The Hall–Kier alpha value is -3.89. The SMILES string of the molecule is CC(C)Cc1nc(N2CCCN(S(=O)(=O)c3ccc(F)cc3)CC2)c2c(-c3ccc4ccccc4c3)noc2n1. The monoisotopic (exact) mass is 559 g/mol. The number of sulfonamides is 1. The van der Waals surface area contributed by atoms with Gasteiger partial charge in [0.1, 0.15) is 28.5 Å². The minimum Gasteiger partial charge on any atom is -0.354 e. The van der Waals surface area contributed by atoms with Crippen LogP contribution in [0.2, 0.25) is 0 Å². The zero-order chi connectivity index (χ0) is 27.9. The Balaban J connectivity index is 1.39. The van der Waals surface area contributed by atoms with Crippen LogP contribution >= 0.6 is 0 Å². The summed E-state index contributed by atoms with van der Waals surface area (Å²) in [7, 11) is -3.76. The quantitative estimate of drug-likeness (QED) is 0.264. The van der Waals surface area contributed by atoms with Crippen molar-refractivity contribution in [2.45, 2.75) is 31.6 Å². The molecule has 10 heteroatoms. The van der Waals surface area contributed by atoms with E-state index in [4.69, 9.17) is 14.5 Å². The summed E-state index contributed by atoms with van der Waals surface area (Å²) in [5, 5.41) is 7.37. The Morgan fingerprint density at radius 1 is 0.925 bits per heavy atom. The van der Waals surface area contributed by atoms with Crippen LogP contribution in [-0.4, -0.2) is 54.0 Å². The van der Waals surface area contributed by atoms with Gasteiger partial charge in [0.25, 0.3) is 5.71 Å². The van der Waals surface area contributed by atoms with E-state index in [0.29, 0.717) is 61.4 Å². The first-order valence-electron chi connectivity index (χ1n) is 13.5. The van der Waals surface area contributed by atoms with Gasteiger partial charge < -0.3 is 9.42 Å². The highest BCUT2D eigenvalue weighted by Crippen LogP contribution is 2.36. The van der Waals surface area contributed by atoms with Gasteiger partial charge in [-0.15, -0.1) is 0 Å². The van der Waals surface area contributed by atoms with Crippen LogP contribution in [0.25, 0.3) is 33.1 Å². The molecule has 40 heavy (non-hydrogen) atoms. The lowest BCUT2D eigenvalue weighted by atomic mass is 10.0. The number of hydrogen-bond donors (Lipinski definition) is 0. The van der Waals surface area contributed by atoms with Crippen molar-refractivity contribution in [3.05, 3.63) is 78.4 Å². The van der Waals surface area contributed by atoms with Crippen LogP contribution in [0.5, 0.6) is 0 Å². The molecule has 0 atom stereocenters. The number of halogens is 1. The van der Waals surface area contributed by atoms with Crippen molar-refractivity contribution in [1.82, 2.24) is 19.4 Å². The summed E-state index contributed by atoms with van der Waals surface area (Å²) in [5.74, 6) is 1.24. The topological polar surface area (TPSA) is 92.4 Å². The lowest BCUT2D eigenvalue weighted by molar-refractivity contribution is 0.433. The van der Waals surface area contributed by atoms with Crippen LogP contribution in [0.3, 0.4) is 0 Å². The van der Waals surface area contributed by atoms with Crippen molar-refractivity contribution in [3.63, 3.8) is 0 Å². The zero-order valence-electron chi connectivity index (χ0n) is 22.4. The predicted molar refractivity (Wildman–Crippen MR) is 153 cm³/mol. The summed E-state index contributed by atoms with van der Waals surface area (Å²) in [6.07, 6.45) is 1.27. The average Bonchev–Trinajstić information content (AvgIpc) is 3.20. The Kier molecular flexibility index (Phi) is 6.97. The van der Waals surface area contributed by atoms with Crippen molar-refractivity contribution in [2.24, 2.45) is 5.92 Å². The van der Waals surface area contributed by atoms with E-state index in [1.807, 2.05) is 18.2 Å². The molecule has 0 radical (unpaired) electrons. The number of nitrogens with zero attached hydrogens (tertiary/aromatic N) is 5. The van der Waals surface area contributed by atoms with Gasteiger partial charge in [-0.2, -0.15) is 9.29 Å². The van der Waals surface area contributed by atoms with Crippen molar-refractivity contribution >= 4 is 37.7 Å². The summed E-state index contributed by atoms with van der Waals surface area (Å²) in [6.45, 7) is 5.86. The maximum atomic E-state index is 13.4. The smallest absolute Gasteiger partial charge is 0.263 e. The molecular formula is C30H30FN5O3S. The number of rotatable bonds is 6. The Bertz CT molecular complexity index is 1790. The van der Waals surface area contributed by atoms with Crippen LogP contribution in [-0.2, 0) is 16.4 Å². The second kappa shape index (κ2) is 10.6. The third kappa shape index (κ3) is 5.04. The van der Waals surface area contributed by atoms with Crippen LogP contribution in [0.15, 0.2) is 76.1 Å². The van der Waals surface area contributed by atoms with E-state index in [9.17, 15) is 12.8 Å². The van der Waals surface area contributed by atoms with Gasteiger partial charge in [-0.3, -0.25) is 0 Å². The first kappa shape index (κ1) is 26.3. The molecular weight excluding hydrogens is 529 g/mol. The highest BCUT2D eigenvalue weighted by atomic mass is 32.2. The molecule has 3 aromatic carbocycles. The molecule has 2 aromatic heterocycles. The van der Waals surface area contributed by atoms with E-state index in [1.165, 1.54) is 28.6 Å². The molecule has 6 rings (SSSR count). The zero-order valence-corrected chi connectivity index (χ0v) is 23.2. The number of benzene rings is 3. The largest absolute Gasteiger partial charge is 0.354 e. The van der Waals surface area contributed by atoms with Crippen molar-refractivity contribution in [1.29, 1.82) is 0 Å². The molecule has 0 aliphatic carbocycles. The van der Waals surface area contributed by atoms with Gasteiger partial charge >= 0.3 is 0 Å². The molecule has 0 amide bonds. The van der Waals surface area contributed by atoms with E-state index in [0.717, 1.165) is 21.7 Å². The van der Waals surface area contributed by atoms with E-state index in [2.05, 4.69) is 48.2 Å². The van der Waals surface area contributed by atoms with Gasteiger partial charge in [0, 0.05) is 38.2 Å². The predicted octanol–water partition coefficient (Wildman–Crippen LogP) is 5.68. The molecule has 1 fully saturated rings. The maximum Gasteiger partial charge on any atom is 0.263 e. The average molecular weight is 560 g/mol. The molecule has 5 aromatic rings. The number of anilines is 1. The van der Waals surface area contributed by atoms with E-state index in [1.54, 1.807) is 0 Å². The lowest BCUT2D eigenvalue weighted by Gasteiger charge is -2.24. The minimum absolute atomic E-state index is 0.0867. The fourth-order valence-electron chi connectivity index (χ4n) is 5.20. The number of fused-ring (bicyclic) bond motifs is 2. The van der Waals surface area contributed by atoms with Gasteiger partial charge in [0.2, 0.25) is 10.0 Å². The molecule has 0 saturated carbocycles. The van der Waals surface area contributed by atoms with Crippen LogP contribution in [0.1, 0.15) is 26.1 Å². The van der Waals surface area contributed by atoms with Gasteiger partial charge in [-0.25, -0.2) is 17.8 Å². The molecule has 206 valence electrons. The normalized spacial score (nSPS) is 15.2. The molecule has 8 nitrogen and oxygen atoms in total. The van der Waals surface area contributed by atoms with Gasteiger partial charge in [0.05, 0.1) is 4.90 Å². The highest BCUT2D eigenvalue weighted by Gasteiger charge is 2.29. The molecule has 0 N–H and O–H groups in total. The standard InChI is InChI=1S/C30H30FN5O3S/c1-20(2)18-26-32-29(35-14-5-15-36(17-16-35)40(37,38)25-12-10-24(31)11-13-25)27-28(34-39-30(27)33-26)23-9-8-21-6-3-4-7-22(21)19-23/h3-4,6-13,19-20H,5,14-18H2,1-2H3. The van der Waals surface area contributed by atoms with Gasteiger partial charge in [-0.05, 0) is 53.4 Å². The van der Waals surface area contributed by atoms with Crippen LogP contribution in [0, 0.1) is 11.7 Å². The molecule has 0 spiro atoms. The van der Waals surface area contributed by atoms with Crippen molar-refractivity contribution < 1.29 is 17.3 Å². The summed E-state index contributed by atoms with van der Waals surface area (Å²) >= 11 is 0. The highest BCUT2D eigenvalue weighted by molar-refractivity contribution is 7.89. The van der Waals surface area contributed by atoms with E-state index in [-0.39, 0.29) is 11.4 Å². The fraction of sp³-hybridized carbons (Fsp3) is 0.300. The summed E-state index contributed by atoms with van der Waals surface area (Å²) < 4.78 is 47.3. The summed E-state index contributed by atoms with van der Waals surface area (Å²) in [5.41, 5.74) is 1.98. The van der Waals surface area contributed by atoms with Crippen molar-refractivity contribution in [3.8, 4) is 11.3 Å². The molecule has 1 aliphatic heterocycles. The summed E-state index contributed by atoms with van der Waals surface area (Å²) in [6, 6.07) is 19.3. The van der Waals surface area contributed by atoms with E-state index < -0.39 is 15.8 Å². The lowest BCUT2D eigenvalue weighted by Crippen LogP contribution is -2.35. The molecule has 0 bridgehead atoms. The number of hydrogen-bond acceptors (Lipinski definition) is 7. The third-order valence-electron chi connectivity index (χ3n) is 7.18. The first-order chi connectivity index (χ1) is 19.3. The van der Waals surface area contributed by atoms with Gasteiger partial charge in [0.15, 0.2) is 0 Å². The summed E-state index contributed by atoms with van der Waals surface area (Å²) in [4.78, 5) is 11.9. The second-order valence-electron chi connectivity index (χ2n) is 10.5.